The van der Waals surface area contributed by atoms with Gasteiger partial charge in [0, 0.05) is 29.9 Å². The smallest absolute Gasteiger partial charge is 0.275 e. The second kappa shape index (κ2) is 7.80. The number of H-pyrrole nitrogens is 1. The number of anilines is 1. The van der Waals surface area contributed by atoms with Gasteiger partial charge in [-0.2, -0.15) is 10.2 Å². The molecule has 1 atom stereocenters. The van der Waals surface area contributed by atoms with Crippen molar-refractivity contribution in [3.05, 3.63) is 35.4 Å². The molecule has 1 aliphatic rings. The molecule has 1 amide bonds. The summed E-state index contributed by atoms with van der Waals surface area (Å²) in [7, 11) is 0. The number of aromatic amines is 1. The van der Waals surface area contributed by atoms with E-state index in [2.05, 4.69) is 25.6 Å². The molecule has 11 heteroatoms. The predicted molar refractivity (Wildman–Crippen MR) is 103 cm³/mol. The fourth-order valence-corrected chi connectivity index (χ4v) is 3.88. The van der Waals surface area contributed by atoms with Gasteiger partial charge in [0.25, 0.3) is 5.91 Å². The Morgan fingerprint density at radius 2 is 2.39 bits per heavy atom. The van der Waals surface area contributed by atoms with Crippen LogP contribution >= 0.6 is 11.3 Å². The van der Waals surface area contributed by atoms with Gasteiger partial charge in [-0.3, -0.25) is 14.6 Å². The molecule has 10 nitrogen and oxygen atoms in total. The Hall–Kier alpha value is -2.60. The van der Waals surface area contributed by atoms with Crippen molar-refractivity contribution in [2.75, 3.05) is 11.9 Å². The van der Waals surface area contributed by atoms with Gasteiger partial charge in [-0.25, -0.2) is 4.98 Å². The molecule has 28 heavy (non-hydrogen) atoms. The standard InChI is InChI=1S/C17H21N7O3S/c1-2-27-11-3-10(4-11)24-7-12(14(23-24)15(18)25)21-16(26)13-8-28-17(22-13)9-5-19-20-6-9/h5-8,10-11,15,25H,2-4,18H2,1H3,(H,19,20)(H,21,26). The van der Waals surface area contributed by atoms with Crippen LogP contribution in [0.3, 0.4) is 0 Å². The number of amides is 1. The van der Waals surface area contributed by atoms with Gasteiger partial charge in [0.1, 0.15) is 22.6 Å². The van der Waals surface area contributed by atoms with Crippen LogP contribution in [0.2, 0.25) is 0 Å². The number of aliphatic hydroxyl groups excluding tert-OH is 1. The highest BCUT2D eigenvalue weighted by Crippen LogP contribution is 2.35. The van der Waals surface area contributed by atoms with Crippen LogP contribution in [0.4, 0.5) is 5.69 Å². The first kappa shape index (κ1) is 18.7. The van der Waals surface area contributed by atoms with Crippen molar-refractivity contribution in [2.24, 2.45) is 5.73 Å². The summed E-state index contributed by atoms with van der Waals surface area (Å²) < 4.78 is 7.30. The molecular formula is C17H21N7O3S. The summed E-state index contributed by atoms with van der Waals surface area (Å²) in [4.78, 5) is 16.9. The highest BCUT2D eigenvalue weighted by molar-refractivity contribution is 7.13. The number of hydrogen-bond acceptors (Lipinski definition) is 8. The minimum absolute atomic E-state index is 0.159. The van der Waals surface area contributed by atoms with Gasteiger partial charge in [0.15, 0.2) is 0 Å². The number of rotatable bonds is 7. The van der Waals surface area contributed by atoms with Gasteiger partial charge < -0.3 is 20.9 Å². The number of nitrogens with one attached hydrogen (secondary N) is 2. The molecule has 0 bridgehead atoms. The summed E-state index contributed by atoms with van der Waals surface area (Å²) in [5.74, 6) is -0.395. The lowest BCUT2D eigenvalue weighted by molar-refractivity contribution is -0.0229. The van der Waals surface area contributed by atoms with Gasteiger partial charge in [-0.1, -0.05) is 0 Å². The van der Waals surface area contributed by atoms with Crippen molar-refractivity contribution >= 4 is 22.9 Å². The summed E-state index contributed by atoms with van der Waals surface area (Å²) in [6, 6.07) is 0.159. The molecule has 1 fully saturated rings. The molecule has 3 aromatic rings. The zero-order valence-electron chi connectivity index (χ0n) is 15.2. The van der Waals surface area contributed by atoms with Crippen LogP contribution in [-0.2, 0) is 4.74 Å². The molecule has 148 valence electrons. The maximum absolute atomic E-state index is 12.6. The molecule has 0 aromatic carbocycles. The first-order valence-corrected chi connectivity index (χ1v) is 9.83. The van der Waals surface area contributed by atoms with Crippen LogP contribution in [0.25, 0.3) is 10.6 Å². The van der Waals surface area contributed by atoms with E-state index in [9.17, 15) is 9.90 Å². The maximum atomic E-state index is 12.6. The first-order valence-electron chi connectivity index (χ1n) is 8.95. The average Bonchev–Trinajstić information content (AvgIpc) is 3.36. The van der Waals surface area contributed by atoms with Gasteiger partial charge in [-0.05, 0) is 19.8 Å². The third-order valence-electron chi connectivity index (χ3n) is 4.62. The fraction of sp³-hybridized carbons (Fsp3) is 0.412. The minimum Gasteiger partial charge on any atom is -0.378 e. The summed E-state index contributed by atoms with van der Waals surface area (Å²) in [5, 5.41) is 25.9. The monoisotopic (exact) mass is 403 g/mol. The van der Waals surface area contributed by atoms with Crippen molar-refractivity contribution in [2.45, 2.75) is 38.1 Å². The second-order valence-corrected chi connectivity index (χ2v) is 7.39. The number of aromatic nitrogens is 5. The first-order chi connectivity index (χ1) is 13.5. The van der Waals surface area contributed by atoms with Gasteiger partial charge in [0.05, 0.1) is 24.0 Å². The molecule has 1 saturated carbocycles. The number of nitrogens with zero attached hydrogens (tertiary/aromatic N) is 4. The van der Waals surface area contributed by atoms with E-state index in [1.807, 2.05) is 6.92 Å². The number of carbonyl (C=O) groups is 1. The van der Waals surface area contributed by atoms with E-state index in [1.54, 1.807) is 28.7 Å². The van der Waals surface area contributed by atoms with Crippen LogP contribution in [0, 0.1) is 0 Å². The van der Waals surface area contributed by atoms with Crippen LogP contribution in [0.1, 0.15) is 48.2 Å². The number of thiazole rings is 1. The van der Waals surface area contributed by atoms with E-state index in [4.69, 9.17) is 10.5 Å². The van der Waals surface area contributed by atoms with Gasteiger partial charge in [0.2, 0.25) is 0 Å². The zero-order chi connectivity index (χ0) is 19.7. The van der Waals surface area contributed by atoms with E-state index in [-0.39, 0.29) is 23.5 Å². The number of aliphatic hydroxyl groups is 1. The normalized spacial score (nSPS) is 20.0. The SMILES string of the molecule is CCOC1CC(n2cc(NC(=O)c3csc(-c4cn[nH]c4)n3)c(C(N)O)n2)C1. The third kappa shape index (κ3) is 3.69. The highest BCUT2D eigenvalue weighted by Gasteiger charge is 2.33. The average molecular weight is 403 g/mol. The molecule has 0 saturated heterocycles. The number of ether oxygens (including phenoxy) is 1. The molecular weight excluding hydrogens is 382 g/mol. The van der Waals surface area contributed by atoms with Crippen molar-refractivity contribution in [1.29, 1.82) is 0 Å². The molecule has 0 aliphatic heterocycles. The van der Waals surface area contributed by atoms with Gasteiger partial charge >= 0.3 is 0 Å². The molecule has 0 radical (unpaired) electrons. The molecule has 1 aliphatic carbocycles. The summed E-state index contributed by atoms with van der Waals surface area (Å²) in [5.41, 5.74) is 7.30. The van der Waals surface area contributed by atoms with E-state index in [1.165, 1.54) is 11.3 Å². The Labute approximate surface area is 164 Å². The molecule has 1 unspecified atom stereocenters. The minimum atomic E-state index is -1.30. The molecule has 3 aromatic heterocycles. The summed E-state index contributed by atoms with van der Waals surface area (Å²) in [6.07, 6.45) is 5.64. The third-order valence-corrected chi connectivity index (χ3v) is 5.51. The van der Waals surface area contributed by atoms with Crippen LogP contribution in [-0.4, -0.2) is 48.7 Å². The number of hydrogen-bond donors (Lipinski definition) is 4. The summed E-state index contributed by atoms with van der Waals surface area (Å²) in [6.45, 7) is 2.65. The number of carbonyl (C=O) groups excluding carboxylic acids is 1. The van der Waals surface area contributed by atoms with Crippen molar-refractivity contribution in [3.63, 3.8) is 0 Å². The Morgan fingerprint density at radius 3 is 3.07 bits per heavy atom. The van der Waals surface area contributed by atoms with Crippen LogP contribution in [0.15, 0.2) is 24.0 Å². The van der Waals surface area contributed by atoms with Crippen LogP contribution < -0.4 is 11.1 Å². The van der Waals surface area contributed by atoms with Crippen LogP contribution in [0.5, 0.6) is 0 Å². The molecule has 3 heterocycles. The molecule has 5 N–H and O–H groups in total. The fourth-order valence-electron chi connectivity index (χ4n) is 3.10. The molecule has 4 rings (SSSR count). The Balaban J connectivity index is 1.48. The van der Waals surface area contributed by atoms with Crippen molar-refractivity contribution in [1.82, 2.24) is 25.0 Å². The number of nitrogens with two attached hydrogens (primary N) is 1. The second-order valence-electron chi connectivity index (χ2n) is 6.53. The van der Waals surface area contributed by atoms with Crippen molar-refractivity contribution in [3.8, 4) is 10.6 Å². The lowest BCUT2D eigenvalue weighted by Crippen LogP contribution is -2.33. The topological polar surface area (TPSA) is 144 Å². The lowest BCUT2D eigenvalue weighted by atomic mass is 9.89. The van der Waals surface area contributed by atoms with Crippen molar-refractivity contribution < 1.29 is 14.6 Å². The Morgan fingerprint density at radius 1 is 1.57 bits per heavy atom. The quantitative estimate of drug-likeness (QED) is 0.439. The Kier molecular flexibility index (Phi) is 5.22. The van der Waals surface area contributed by atoms with E-state index < -0.39 is 12.1 Å². The maximum Gasteiger partial charge on any atom is 0.275 e. The predicted octanol–water partition coefficient (Wildman–Crippen LogP) is 1.67. The van der Waals surface area contributed by atoms with E-state index in [0.29, 0.717) is 17.3 Å². The van der Waals surface area contributed by atoms with Gasteiger partial charge in [-0.15, -0.1) is 11.3 Å². The van der Waals surface area contributed by atoms with E-state index in [0.717, 1.165) is 18.4 Å². The zero-order valence-corrected chi connectivity index (χ0v) is 16.0. The Bertz CT molecular complexity index is 944. The highest BCUT2D eigenvalue weighted by atomic mass is 32.1. The largest absolute Gasteiger partial charge is 0.378 e. The molecule has 0 spiro atoms. The summed E-state index contributed by atoms with van der Waals surface area (Å²) >= 11 is 1.34. The van der Waals surface area contributed by atoms with E-state index >= 15 is 0 Å². The lowest BCUT2D eigenvalue weighted by Gasteiger charge is -2.34.